The number of aliphatic imine (C=N–C) groups is 1. The smallest absolute Gasteiger partial charge is 0.243 e. The Labute approximate surface area is 181 Å². The fraction of sp³-hybridized carbons (Fsp3) is 0.619. The molecule has 1 aromatic carbocycles. The van der Waals surface area contributed by atoms with Crippen LogP contribution >= 0.6 is 11.8 Å². The van der Waals surface area contributed by atoms with Crippen LogP contribution in [0.15, 0.2) is 40.2 Å². The molecule has 0 saturated heterocycles. The molecule has 1 fully saturated rings. The number of guanidine groups is 1. The molecule has 1 aromatic rings. The van der Waals surface area contributed by atoms with E-state index in [1.807, 2.05) is 25.1 Å². The molecule has 8 heteroatoms. The summed E-state index contributed by atoms with van der Waals surface area (Å²) in [6, 6.07) is 10.5. The van der Waals surface area contributed by atoms with Gasteiger partial charge in [-0.15, -0.1) is 11.8 Å². The summed E-state index contributed by atoms with van der Waals surface area (Å²) in [7, 11) is 2.71. The van der Waals surface area contributed by atoms with Crippen LogP contribution in [-0.4, -0.2) is 71.0 Å². The van der Waals surface area contributed by atoms with E-state index in [0.29, 0.717) is 11.7 Å². The summed E-state index contributed by atoms with van der Waals surface area (Å²) in [6.07, 6.45) is 4.03. The normalized spacial score (nSPS) is 20.7. The first-order chi connectivity index (χ1) is 14.0. The highest BCUT2D eigenvalue weighted by Crippen LogP contribution is 2.23. The summed E-state index contributed by atoms with van der Waals surface area (Å²) in [4.78, 5) is 19.2. The van der Waals surface area contributed by atoms with Gasteiger partial charge in [-0.25, -0.2) is 4.99 Å². The molecular weight excluding hydrogens is 404 g/mol. The standard InChI is InChI=1S/C21H34N4O2S2/c1-4-29(27)19-12-8-9-17(15-19)24-21(23-16-20(26)25(2)3)22-13-14-28-18-10-6-5-7-11-18/h5-7,10-11,17,19H,4,8-9,12-16H2,1-3H3,(H2,22,23,24). The summed E-state index contributed by atoms with van der Waals surface area (Å²) < 4.78 is 12.2. The van der Waals surface area contributed by atoms with Crippen LogP contribution < -0.4 is 10.6 Å². The van der Waals surface area contributed by atoms with Crippen LogP contribution in [0.4, 0.5) is 0 Å². The maximum Gasteiger partial charge on any atom is 0.243 e. The minimum absolute atomic E-state index is 0.0293. The quantitative estimate of drug-likeness (QED) is 0.268. The lowest BCUT2D eigenvalue weighted by molar-refractivity contribution is -0.127. The molecule has 0 spiro atoms. The molecule has 162 valence electrons. The van der Waals surface area contributed by atoms with E-state index in [1.165, 1.54) is 4.90 Å². The molecule has 1 amide bonds. The Hall–Kier alpha value is -1.54. The highest BCUT2D eigenvalue weighted by Gasteiger charge is 2.26. The fourth-order valence-electron chi connectivity index (χ4n) is 3.24. The van der Waals surface area contributed by atoms with Crippen molar-refractivity contribution in [3.8, 4) is 0 Å². The van der Waals surface area contributed by atoms with Gasteiger partial charge in [-0.1, -0.05) is 31.5 Å². The number of likely N-dealkylation sites (N-methyl/N-ethyl adjacent to an activating group) is 1. The molecule has 3 unspecified atom stereocenters. The molecule has 0 bridgehead atoms. The van der Waals surface area contributed by atoms with Crippen molar-refractivity contribution >= 4 is 34.4 Å². The Kier molecular flexibility index (Phi) is 10.6. The summed E-state index contributed by atoms with van der Waals surface area (Å²) in [6.45, 7) is 2.85. The van der Waals surface area contributed by atoms with Crippen LogP contribution in [0.1, 0.15) is 32.6 Å². The van der Waals surface area contributed by atoms with Gasteiger partial charge in [0.2, 0.25) is 5.91 Å². The third-order valence-corrected chi connectivity index (χ3v) is 7.66. The van der Waals surface area contributed by atoms with Crippen molar-refractivity contribution in [3.05, 3.63) is 30.3 Å². The Morgan fingerprint density at radius 2 is 2.03 bits per heavy atom. The highest BCUT2D eigenvalue weighted by atomic mass is 32.2. The number of carbonyl (C=O) groups is 1. The van der Waals surface area contributed by atoms with E-state index < -0.39 is 10.8 Å². The minimum Gasteiger partial charge on any atom is -0.356 e. The van der Waals surface area contributed by atoms with Gasteiger partial charge < -0.3 is 15.5 Å². The molecular formula is C21H34N4O2S2. The van der Waals surface area contributed by atoms with Gasteiger partial charge in [-0.3, -0.25) is 9.00 Å². The maximum atomic E-state index is 12.2. The van der Waals surface area contributed by atoms with E-state index in [0.717, 1.165) is 38.0 Å². The van der Waals surface area contributed by atoms with Gasteiger partial charge >= 0.3 is 0 Å². The molecule has 0 aromatic heterocycles. The number of thioether (sulfide) groups is 1. The predicted molar refractivity (Wildman–Crippen MR) is 124 cm³/mol. The molecule has 2 rings (SSSR count). The van der Waals surface area contributed by atoms with E-state index >= 15 is 0 Å². The van der Waals surface area contributed by atoms with Crippen molar-refractivity contribution < 1.29 is 9.00 Å². The van der Waals surface area contributed by atoms with E-state index in [4.69, 9.17) is 0 Å². The van der Waals surface area contributed by atoms with Crippen molar-refractivity contribution in [2.75, 3.05) is 38.7 Å². The molecule has 0 radical (unpaired) electrons. The monoisotopic (exact) mass is 438 g/mol. The Bertz CT molecular complexity index is 683. The first kappa shape index (κ1) is 23.7. The molecule has 2 N–H and O–H groups in total. The van der Waals surface area contributed by atoms with Gasteiger partial charge in [0.05, 0.1) is 0 Å². The van der Waals surface area contributed by atoms with E-state index in [1.54, 1.807) is 30.8 Å². The topological polar surface area (TPSA) is 73.8 Å². The number of amides is 1. The molecule has 1 aliphatic rings. The first-order valence-electron chi connectivity index (χ1n) is 10.3. The van der Waals surface area contributed by atoms with Crippen molar-refractivity contribution in [2.45, 2.75) is 48.8 Å². The van der Waals surface area contributed by atoms with Gasteiger partial charge in [0, 0.05) is 59.1 Å². The molecule has 6 nitrogen and oxygen atoms in total. The number of benzene rings is 1. The fourth-order valence-corrected chi connectivity index (χ4v) is 5.38. The van der Waals surface area contributed by atoms with Crippen LogP contribution in [0, 0.1) is 0 Å². The third-order valence-electron chi connectivity index (χ3n) is 4.90. The van der Waals surface area contributed by atoms with Crippen molar-refractivity contribution in [2.24, 2.45) is 4.99 Å². The second-order valence-electron chi connectivity index (χ2n) is 7.34. The van der Waals surface area contributed by atoms with Crippen LogP contribution in [-0.2, 0) is 15.6 Å². The average Bonchev–Trinajstić information content (AvgIpc) is 2.74. The lowest BCUT2D eigenvalue weighted by atomic mass is 9.95. The highest BCUT2D eigenvalue weighted by molar-refractivity contribution is 7.99. The average molecular weight is 439 g/mol. The third kappa shape index (κ3) is 8.78. The molecule has 1 saturated carbocycles. The number of rotatable bonds is 9. The van der Waals surface area contributed by atoms with Gasteiger partial charge in [-0.05, 0) is 31.4 Å². The van der Waals surface area contributed by atoms with E-state index in [2.05, 4.69) is 27.8 Å². The van der Waals surface area contributed by atoms with Crippen LogP contribution in [0.5, 0.6) is 0 Å². The second-order valence-corrected chi connectivity index (χ2v) is 10.5. The van der Waals surface area contributed by atoms with Gasteiger partial charge in [0.15, 0.2) is 5.96 Å². The SMILES string of the molecule is CCS(=O)C1CCCC(NC(=NCC(=O)N(C)C)NCCSc2ccccc2)C1. The predicted octanol–water partition coefficient (Wildman–Crippen LogP) is 2.48. The van der Waals surface area contributed by atoms with Crippen molar-refractivity contribution in [3.63, 3.8) is 0 Å². The number of nitrogens with zero attached hydrogens (tertiary/aromatic N) is 2. The van der Waals surface area contributed by atoms with E-state index in [-0.39, 0.29) is 23.7 Å². The van der Waals surface area contributed by atoms with Crippen molar-refractivity contribution in [1.82, 2.24) is 15.5 Å². The van der Waals surface area contributed by atoms with Crippen LogP contribution in [0.3, 0.4) is 0 Å². The second kappa shape index (κ2) is 12.9. The molecule has 1 aliphatic carbocycles. The number of hydrogen-bond acceptors (Lipinski definition) is 4. The van der Waals surface area contributed by atoms with Crippen molar-refractivity contribution in [1.29, 1.82) is 0 Å². The van der Waals surface area contributed by atoms with Gasteiger partial charge in [-0.2, -0.15) is 0 Å². The molecule has 0 aliphatic heterocycles. The molecule has 0 heterocycles. The zero-order chi connectivity index (χ0) is 21.1. The number of nitrogens with one attached hydrogen (secondary N) is 2. The summed E-state index contributed by atoms with van der Waals surface area (Å²) in [5, 5.41) is 7.10. The lowest BCUT2D eigenvalue weighted by Gasteiger charge is -2.30. The van der Waals surface area contributed by atoms with Gasteiger partial charge in [0.25, 0.3) is 0 Å². The Balaban J connectivity index is 1.90. The van der Waals surface area contributed by atoms with Gasteiger partial charge in [0.1, 0.15) is 6.54 Å². The van der Waals surface area contributed by atoms with E-state index in [9.17, 15) is 9.00 Å². The lowest BCUT2D eigenvalue weighted by Crippen LogP contribution is -2.47. The Morgan fingerprint density at radius 3 is 2.72 bits per heavy atom. The summed E-state index contributed by atoms with van der Waals surface area (Å²) in [5.41, 5.74) is 0. The zero-order valence-electron chi connectivity index (χ0n) is 17.7. The van der Waals surface area contributed by atoms with Crippen LogP contribution in [0.25, 0.3) is 0 Å². The summed E-state index contributed by atoms with van der Waals surface area (Å²) in [5.74, 6) is 2.25. The number of hydrogen-bond donors (Lipinski definition) is 2. The first-order valence-corrected chi connectivity index (χ1v) is 12.7. The molecule has 3 atom stereocenters. The Morgan fingerprint density at radius 1 is 1.28 bits per heavy atom. The minimum atomic E-state index is -0.759. The largest absolute Gasteiger partial charge is 0.356 e. The van der Waals surface area contributed by atoms with Crippen LogP contribution in [0.2, 0.25) is 0 Å². The number of carbonyl (C=O) groups excluding carboxylic acids is 1. The zero-order valence-corrected chi connectivity index (χ0v) is 19.4. The maximum absolute atomic E-state index is 12.2. The summed E-state index contributed by atoms with van der Waals surface area (Å²) >= 11 is 1.78. The molecule has 29 heavy (non-hydrogen) atoms.